The first-order valence-corrected chi connectivity index (χ1v) is 7.45. The molecule has 0 spiro atoms. The van der Waals surface area contributed by atoms with Gasteiger partial charge in [0.15, 0.2) is 0 Å². The lowest BCUT2D eigenvalue weighted by atomic mass is 10.1. The standard InChI is InChI=1S/C14H20N2O3S/c1-3-4-7-12(14(18)19)16-13(17)8-5-6-11-9-20-10(2)15-11/h3-4,9,12H,5-8H2,1-2H3,(H,16,17)(H,18,19)/b4-3+. The Morgan fingerprint density at radius 3 is 2.85 bits per heavy atom. The number of nitrogens with one attached hydrogen (secondary N) is 1. The van der Waals surface area contributed by atoms with Gasteiger partial charge in [-0.15, -0.1) is 11.3 Å². The van der Waals surface area contributed by atoms with Crippen LogP contribution in [0, 0.1) is 6.92 Å². The van der Waals surface area contributed by atoms with E-state index < -0.39 is 12.0 Å². The molecule has 0 fully saturated rings. The van der Waals surface area contributed by atoms with Crippen molar-refractivity contribution in [3.05, 3.63) is 28.2 Å². The number of hydrogen-bond acceptors (Lipinski definition) is 4. The molecule has 1 amide bonds. The molecule has 5 nitrogen and oxygen atoms in total. The van der Waals surface area contributed by atoms with Crippen molar-refractivity contribution < 1.29 is 14.7 Å². The quantitative estimate of drug-likeness (QED) is 0.721. The minimum Gasteiger partial charge on any atom is -0.480 e. The van der Waals surface area contributed by atoms with E-state index in [2.05, 4.69) is 10.3 Å². The molecule has 1 atom stereocenters. The number of hydrogen-bond donors (Lipinski definition) is 2. The fourth-order valence-corrected chi connectivity index (χ4v) is 2.36. The zero-order valence-electron chi connectivity index (χ0n) is 11.8. The summed E-state index contributed by atoms with van der Waals surface area (Å²) in [7, 11) is 0. The van der Waals surface area contributed by atoms with Gasteiger partial charge >= 0.3 is 5.97 Å². The summed E-state index contributed by atoms with van der Waals surface area (Å²) in [5.41, 5.74) is 0.990. The maximum atomic E-state index is 11.7. The van der Waals surface area contributed by atoms with Crippen LogP contribution in [0.15, 0.2) is 17.5 Å². The Labute approximate surface area is 122 Å². The highest BCUT2D eigenvalue weighted by Crippen LogP contribution is 2.10. The van der Waals surface area contributed by atoms with Crippen molar-refractivity contribution in [3.63, 3.8) is 0 Å². The number of thiazole rings is 1. The minimum absolute atomic E-state index is 0.228. The predicted molar refractivity (Wildman–Crippen MR) is 78.8 cm³/mol. The number of nitrogens with zero attached hydrogens (tertiary/aromatic N) is 1. The number of carboxylic acid groups (broad SMARTS) is 1. The number of carbonyl (C=O) groups is 2. The van der Waals surface area contributed by atoms with Crippen LogP contribution in [-0.2, 0) is 16.0 Å². The van der Waals surface area contributed by atoms with Gasteiger partial charge in [0.05, 0.1) is 10.7 Å². The van der Waals surface area contributed by atoms with Crippen LogP contribution < -0.4 is 5.32 Å². The maximum Gasteiger partial charge on any atom is 0.326 e. The number of rotatable bonds is 8. The van der Waals surface area contributed by atoms with Crippen LogP contribution in [0.4, 0.5) is 0 Å². The number of aliphatic carboxylic acids is 1. The molecule has 1 aromatic heterocycles. The van der Waals surface area contributed by atoms with E-state index in [1.807, 2.05) is 19.2 Å². The van der Waals surface area contributed by atoms with Gasteiger partial charge in [-0.05, 0) is 33.1 Å². The second kappa shape index (κ2) is 8.47. The zero-order chi connectivity index (χ0) is 15.0. The van der Waals surface area contributed by atoms with E-state index in [0.717, 1.165) is 17.1 Å². The topological polar surface area (TPSA) is 79.3 Å². The van der Waals surface area contributed by atoms with Crippen LogP contribution in [-0.4, -0.2) is 28.0 Å². The number of amides is 1. The van der Waals surface area contributed by atoms with Gasteiger partial charge in [0.25, 0.3) is 0 Å². The third-order valence-electron chi connectivity index (χ3n) is 2.74. The molecule has 1 heterocycles. The van der Waals surface area contributed by atoms with Crippen molar-refractivity contribution in [3.8, 4) is 0 Å². The Morgan fingerprint density at radius 1 is 1.55 bits per heavy atom. The summed E-state index contributed by atoms with van der Waals surface area (Å²) < 4.78 is 0. The Hall–Kier alpha value is -1.69. The fourth-order valence-electron chi connectivity index (χ4n) is 1.71. The summed E-state index contributed by atoms with van der Waals surface area (Å²) >= 11 is 1.59. The number of allylic oxidation sites excluding steroid dienone is 1. The van der Waals surface area contributed by atoms with Crippen molar-refractivity contribution >= 4 is 23.2 Å². The Bertz CT molecular complexity index is 483. The SMILES string of the molecule is C/C=C/CC(NC(=O)CCCc1csc(C)n1)C(=O)O. The smallest absolute Gasteiger partial charge is 0.326 e. The van der Waals surface area contributed by atoms with Gasteiger partial charge in [-0.1, -0.05) is 12.2 Å². The summed E-state index contributed by atoms with van der Waals surface area (Å²) in [6.45, 7) is 3.76. The molecule has 1 unspecified atom stereocenters. The van der Waals surface area contributed by atoms with Gasteiger partial charge in [-0.3, -0.25) is 4.79 Å². The van der Waals surface area contributed by atoms with Gasteiger partial charge in [0.2, 0.25) is 5.91 Å². The van der Waals surface area contributed by atoms with E-state index in [9.17, 15) is 9.59 Å². The number of aryl methyl sites for hydroxylation is 2. The van der Waals surface area contributed by atoms with E-state index in [1.165, 1.54) is 0 Å². The molecular weight excluding hydrogens is 276 g/mol. The van der Waals surface area contributed by atoms with E-state index in [0.29, 0.717) is 19.3 Å². The minimum atomic E-state index is -1.01. The molecule has 0 saturated heterocycles. The molecule has 1 aromatic rings. The molecule has 0 aliphatic heterocycles. The second-order valence-corrected chi connectivity index (χ2v) is 5.54. The highest BCUT2D eigenvalue weighted by molar-refractivity contribution is 7.09. The molecule has 0 saturated carbocycles. The van der Waals surface area contributed by atoms with Crippen molar-refractivity contribution in [2.75, 3.05) is 0 Å². The second-order valence-electron chi connectivity index (χ2n) is 4.47. The van der Waals surface area contributed by atoms with Gasteiger partial charge in [-0.2, -0.15) is 0 Å². The molecule has 110 valence electrons. The van der Waals surface area contributed by atoms with Gasteiger partial charge < -0.3 is 10.4 Å². The fraction of sp³-hybridized carbons (Fsp3) is 0.500. The number of carbonyl (C=O) groups excluding carboxylic acids is 1. The van der Waals surface area contributed by atoms with E-state index in [4.69, 9.17) is 5.11 Å². The predicted octanol–water partition coefficient (Wildman–Crippen LogP) is 2.31. The maximum absolute atomic E-state index is 11.7. The average Bonchev–Trinajstić information content (AvgIpc) is 2.80. The highest BCUT2D eigenvalue weighted by Gasteiger charge is 2.17. The van der Waals surface area contributed by atoms with E-state index in [-0.39, 0.29) is 5.91 Å². The molecular formula is C14H20N2O3S. The van der Waals surface area contributed by atoms with Crippen LogP contribution >= 0.6 is 11.3 Å². The van der Waals surface area contributed by atoms with Crippen molar-refractivity contribution in [1.82, 2.24) is 10.3 Å². The average molecular weight is 296 g/mol. The monoisotopic (exact) mass is 296 g/mol. The Morgan fingerprint density at radius 2 is 2.30 bits per heavy atom. The molecule has 0 aliphatic carbocycles. The van der Waals surface area contributed by atoms with E-state index >= 15 is 0 Å². The highest BCUT2D eigenvalue weighted by atomic mass is 32.1. The molecule has 20 heavy (non-hydrogen) atoms. The summed E-state index contributed by atoms with van der Waals surface area (Å²) in [5.74, 6) is -1.24. The van der Waals surface area contributed by atoms with Gasteiger partial charge in [-0.25, -0.2) is 9.78 Å². The summed E-state index contributed by atoms with van der Waals surface area (Å²) in [5, 5.41) is 14.5. The van der Waals surface area contributed by atoms with Crippen LogP contribution in [0.25, 0.3) is 0 Å². The molecule has 0 aromatic carbocycles. The van der Waals surface area contributed by atoms with Crippen molar-refractivity contribution in [1.29, 1.82) is 0 Å². The van der Waals surface area contributed by atoms with Crippen molar-refractivity contribution in [2.24, 2.45) is 0 Å². The van der Waals surface area contributed by atoms with Crippen LogP contribution in [0.5, 0.6) is 0 Å². The van der Waals surface area contributed by atoms with Gasteiger partial charge in [0.1, 0.15) is 6.04 Å². The Kier molecular flexibility index (Phi) is 6.93. The Balaban J connectivity index is 2.32. The number of aromatic nitrogens is 1. The summed E-state index contributed by atoms with van der Waals surface area (Å²) in [6.07, 6.45) is 5.54. The first-order valence-electron chi connectivity index (χ1n) is 6.57. The van der Waals surface area contributed by atoms with Crippen molar-refractivity contribution in [2.45, 2.75) is 45.6 Å². The molecule has 0 aliphatic rings. The van der Waals surface area contributed by atoms with E-state index in [1.54, 1.807) is 23.5 Å². The normalized spacial score (nSPS) is 12.5. The zero-order valence-corrected chi connectivity index (χ0v) is 12.6. The molecule has 6 heteroatoms. The first kappa shape index (κ1) is 16.4. The summed E-state index contributed by atoms with van der Waals surface area (Å²) in [4.78, 5) is 27.0. The summed E-state index contributed by atoms with van der Waals surface area (Å²) in [6, 6.07) is -0.847. The lowest BCUT2D eigenvalue weighted by Crippen LogP contribution is -2.40. The molecule has 0 radical (unpaired) electrons. The van der Waals surface area contributed by atoms with Crippen LogP contribution in [0.3, 0.4) is 0 Å². The largest absolute Gasteiger partial charge is 0.480 e. The lowest BCUT2D eigenvalue weighted by molar-refractivity contribution is -0.141. The van der Waals surface area contributed by atoms with Gasteiger partial charge in [0, 0.05) is 11.8 Å². The third kappa shape index (κ3) is 5.97. The van der Waals surface area contributed by atoms with Crippen LogP contribution in [0.2, 0.25) is 0 Å². The lowest BCUT2D eigenvalue weighted by Gasteiger charge is -2.12. The molecule has 2 N–H and O–H groups in total. The third-order valence-corrected chi connectivity index (χ3v) is 3.57. The number of carboxylic acids is 1. The first-order chi connectivity index (χ1) is 9.52. The van der Waals surface area contributed by atoms with Crippen LogP contribution in [0.1, 0.15) is 36.9 Å². The molecule has 1 rings (SSSR count). The molecule has 0 bridgehead atoms.